The molecule has 0 amide bonds. The standard InChI is InChI=1S/C25H23As/c1-5-13-22(14-6-1)21-26(23-15-7-2-8-16-23,24-17-9-3-10-18-24)25-19-11-4-12-20-25/h1-20,26H,21H2. The molecule has 4 rings (SSSR count). The van der Waals surface area contributed by atoms with Crippen molar-refractivity contribution in [3.8, 4) is 0 Å². The van der Waals surface area contributed by atoms with Gasteiger partial charge in [-0.3, -0.25) is 0 Å². The van der Waals surface area contributed by atoms with E-state index in [1.807, 2.05) is 0 Å². The topological polar surface area (TPSA) is 0 Å². The van der Waals surface area contributed by atoms with E-state index >= 15 is 0 Å². The Labute approximate surface area is 158 Å². The summed E-state index contributed by atoms with van der Waals surface area (Å²) in [6.07, 6.45) is 0. The van der Waals surface area contributed by atoms with Gasteiger partial charge >= 0.3 is 159 Å². The van der Waals surface area contributed by atoms with Crippen molar-refractivity contribution in [2.45, 2.75) is 5.21 Å². The fourth-order valence-corrected chi connectivity index (χ4v) is 13.8. The van der Waals surface area contributed by atoms with Crippen LogP contribution in [0.3, 0.4) is 0 Å². The third-order valence-corrected chi connectivity index (χ3v) is 15.4. The summed E-state index contributed by atoms with van der Waals surface area (Å²) >= 11 is -2.85. The van der Waals surface area contributed by atoms with Crippen LogP contribution in [0.5, 0.6) is 0 Å². The average molecular weight is 398 g/mol. The fraction of sp³-hybridized carbons (Fsp3) is 0.0400. The predicted octanol–water partition coefficient (Wildman–Crippen LogP) is 3.67. The number of rotatable bonds is 5. The fourth-order valence-electron chi connectivity index (χ4n) is 3.88. The molecule has 0 nitrogen and oxygen atoms in total. The molecule has 4 aromatic rings. The molecule has 0 bridgehead atoms. The van der Waals surface area contributed by atoms with Gasteiger partial charge < -0.3 is 0 Å². The second kappa shape index (κ2) is 7.77. The van der Waals surface area contributed by atoms with Gasteiger partial charge in [0, 0.05) is 0 Å². The molecule has 0 N–H and O–H groups in total. The first-order chi connectivity index (χ1) is 12.9. The van der Waals surface area contributed by atoms with E-state index in [4.69, 9.17) is 0 Å². The molecule has 0 radical (unpaired) electrons. The molecule has 0 saturated heterocycles. The summed E-state index contributed by atoms with van der Waals surface area (Å²) in [4.78, 5) is 0. The van der Waals surface area contributed by atoms with Crippen LogP contribution in [-0.4, -0.2) is 13.6 Å². The first-order valence-corrected chi connectivity index (χ1v) is 13.7. The Bertz CT molecular complexity index is 836. The van der Waals surface area contributed by atoms with Crippen molar-refractivity contribution in [2.24, 2.45) is 0 Å². The first-order valence-electron chi connectivity index (χ1n) is 9.10. The van der Waals surface area contributed by atoms with Gasteiger partial charge in [0.2, 0.25) is 0 Å². The summed E-state index contributed by atoms with van der Waals surface area (Å²) in [7, 11) is 0. The van der Waals surface area contributed by atoms with Crippen LogP contribution in [0.4, 0.5) is 0 Å². The summed E-state index contributed by atoms with van der Waals surface area (Å²) in [5, 5.41) is 1.11. The van der Waals surface area contributed by atoms with Crippen molar-refractivity contribution in [1.82, 2.24) is 0 Å². The molecule has 0 aliphatic rings. The van der Waals surface area contributed by atoms with Crippen LogP contribution in [0.2, 0.25) is 0 Å². The van der Waals surface area contributed by atoms with Gasteiger partial charge in [-0.05, 0) is 0 Å². The van der Waals surface area contributed by atoms with Crippen LogP contribution >= 0.6 is 0 Å². The Hall–Kier alpha value is -2.56. The van der Waals surface area contributed by atoms with Gasteiger partial charge in [-0.2, -0.15) is 0 Å². The SMILES string of the molecule is c1ccc(C[AsH](c2ccccc2)(c2ccccc2)c2ccccc2)cc1. The van der Waals surface area contributed by atoms with E-state index in [-0.39, 0.29) is 0 Å². The third kappa shape index (κ3) is 3.26. The Morgan fingerprint density at radius 2 is 0.692 bits per heavy atom. The molecule has 0 aliphatic heterocycles. The Morgan fingerprint density at radius 1 is 0.385 bits per heavy atom. The second-order valence-corrected chi connectivity index (χ2v) is 14.8. The minimum absolute atomic E-state index is 1.11. The predicted molar refractivity (Wildman–Crippen MR) is 116 cm³/mol. The van der Waals surface area contributed by atoms with Crippen molar-refractivity contribution >= 4 is 26.6 Å². The Balaban J connectivity index is 2.00. The number of hydrogen-bond donors (Lipinski definition) is 0. The van der Waals surface area contributed by atoms with Crippen LogP contribution in [0.15, 0.2) is 121 Å². The zero-order valence-electron chi connectivity index (χ0n) is 14.8. The molecule has 0 atom stereocenters. The van der Waals surface area contributed by atoms with Gasteiger partial charge in [0.05, 0.1) is 0 Å². The van der Waals surface area contributed by atoms with Crippen molar-refractivity contribution < 1.29 is 0 Å². The van der Waals surface area contributed by atoms with Crippen LogP contribution < -0.4 is 13.1 Å². The van der Waals surface area contributed by atoms with Crippen LogP contribution in [0, 0.1) is 0 Å². The molecule has 0 heterocycles. The van der Waals surface area contributed by atoms with Crippen molar-refractivity contribution in [2.75, 3.05) is 0 Å². The molecule has 0 unspecified atom stereocenters. The quantitative estimate of drug-likeness (QED) is 0.450. The van der Waals surface area contributed by atoms with Crippen LogP contribution in [0.1, 0.15) is 5.56 Å². The summed E-state index contributed by atoms with van der Waals surface area (Å²) in [6, 6.07) is 44.5. The first kappa shape index (κ1) is 16.9. The Kier molecular flexibility index (Phi) is 5.04. The van der Waals surface area contributed by atoms with Crippen molar-refractivity contribution in [3.63, 3.8) is 0 Å². The van der Waals surface area contributed by atoms with Crippen LogP contribution in [0.25, 0.3) is 0 Å². The van der Waals surface area contributed by atoms with Gasteiger partial charge in [-0.15, -0.1) is 0 Å². The van der Waals surface area contributed by atoms with E-state index in [1.54, 1.807) is 0 Å². The number of benzene rings is 4. The van der Waals surface area contributed by atoms with Gasteiger partial charge in [0.1, 0.15) is 0 Å². The molecule has 0 spiro atoms. The van der Waals surface area contributed by atoms with Gasteiger partial charge in [-0.25, -0.2) is 0 Å². The van der Waals surface area contributed by atoms with Gasteiger partial charge in [0.25, 0.3) is 0 Å². The van der Waals surface area contributed by atoms with E-state index in [9.17, 15) is 0 Å². The van der Waals surface area contributed by atoms with E-state index in [2.05, 4.69) is 121 Å². The van der Waals surface area contributed by atoms with Gasteiger partial charge in [-0.1, -0.05) is 0 Å². The summed E-state index contributed by atoms with van der Waals surface area (Å²) in [6.45, 7) is 0. The molecule has 26 heavy (non-hydrogen) atoms. The monoisotopic (exact) mass is 398 g/mol. The summed E-state index contributed by atoms with van der Waals surface area (Å²) < 4.78 is 4.52. The van der Waals surface area contributed by atoms with Crippen molar-refractivity contribution in [3.05, 3.63) is 127 Å². The van der Waals surface area contributed by atoms with E-state index in [0.29, 0.717) is 0 Å². The molecule has 0 aliphatic carbocycles. The Morgan fingerprint density at radius 3 is 1.04 bits per heavy atom. The molecule has 0 aromatic heterocycles. The molecular formula is C25H23As. The summed E-state index contributed by atoms with van der Waals surface area (Å²) in [5.41, 5.74) is 1.42. The minimum atomic E-state index is -2.85. The molecule has 128 valence electrons. The third-order valence-electron chi connectivity index (χ3n) is 5.11. The molecule has 4 aromatic carbocycles. The maximum atomic E-state index is 2.34. The van der Waals surface area contributed by atoms with Crippen LogP contribution in [-0.2, 0) is 5.21 Å². The molecule has 0 fully saturated rings. The molecule has 1 heteroatoms. The molecular weight excluding hydrogens is 375 g/mol. The zero-order valence-corrected chi connectivity index (χ0v) is 16.9. The average Bonchev–Trinajstić information content (AvgIpc) is 2.75. The van der Waals surface area contributed by atoms with E-state index in [1.165, 1.54) is 18.6 Å². The van der Waals surface area contributed by atoms with E-state index in [0.717, 1.165) is 5.21 Å². The second-order valence-electron chi connectivity index (χ2n) is 6.67. The number of hydrogen-bond acceptors (Lipinski definition) is 0. The zero-order chi connectivity index (χ0) is 17.7. The molecule has 0 saturated carbocycles. The van der Waals surface area contributed by atoms with Gasteiger partial charge in [0.15, 0.2) is 0 Å². The summed E-state index contributed by atoms with van der Waals surface area (Å²) in [5.74, 6) is 0. The maximum absolute atomic E-state index is 2.85. The van der Waals surface area contributed by atoms with E-state index < -0.39 is 13.6 Å². The normalized spacial score (nSPS) is 11.8. The van der Waals surface area contributed by atoms with Crippen molar-refractivity contribution in [1.29, 1.82) is 0 Å².